The van der Waals surface area contributed by atoms with Crippen LogP contribution in [0, 0.1) is 5.92 Å². The van der Waals surface area contributed by atoms with Crippen molar-refractivity contribution in [1.82, 2.24) is 20.2 Å². The molecular weight excluding hydrogens is 356 g/mol. The van der Waals surface area contributed by atoms with Crippen LogP contribution in [0.3, 0.4) is 0 Å². The van der Waals surface area contributed by atoms with Crippen LogP contribution in [0.5, 0.6) is 11.5 Å². The summed E-state index contributed by atoms with van der Waals surface area (Å²) < 4.78 is 11.2. The molecule has 2 aliphatic rings. The van der Waals surface area contributed by atoms with Crippen LogP contribution < -0.4 is 14.8 Å². The Morgan fingerprint density at radius 3 is 2.93 bits per heavy atom. The number of amides is 1. The lowest BCUT2D eigenvalue weighted by Crippen LogP contribution is -2.46. The Kier molecular flexibility index (Phi) is 5.71. The standard InChI is InChI=1S/C21H26N4O3/c1-27-18-3-2-16-10-15(14-28-20(16)11-18)12-24-17-4-8-25(9-5-17)21(26)19-13-22-6-7-23-19/h2-3,6-7,11,13,15,17,24H,4-5,8-10,12,14H2,1H3/t15-/m0/s1. The maximum absolute atomic E-state index is 12.5. The van der Waals surface area contributed by atoms with Crippen molar-refractivity contribution in [2.45, 2.75) is 25.3 Å². The number of likely N-dealkylation sites (tertiary alicyclic amines) is 1. The highest BCUT2D eigenvalue weighted by Crippen LogP contribution is 2.30. The lowest BCUT2D eigenvalue weighted by atomic mass is 9.95. The molecule has 1 fully saturated rings. The third kappa shape index (κ3) is 4.25. The molecule has 7 nitrogen and oxygen atoms in total. The number of rotatable bonds is 5. The molecule has 0 bridgehead atoms. The number of hydrogen-bond donors (Lipinski definition) is 1. The molecule has 2 aliphatic heterocycles. The van der Waals surface area contributed by atoms with Crippen LogP contribution in [0.2, 0.25) is 0 Å². The second-order valence-electron chi connectivity index (χ2n) is 7.42. The zero-order valence-electron chi connectivity index (χ0n) is 16.1. The van der Waals surface area contributed by atoms with Crippen LogP contribution in [-0.4, -0.2) is 60.2 Å². The van der Waals surface area contributed by atoms with Gasteiger partial charge in [0.2, 0.25) is 0 Å². The van der Waals surface area contributed by atoms with E-state index in [0.717, 1.165) is 57.0 Å². The number of carbonyl (C=O) groups excluding carboxylic acids is 1. The largest absolute Gasteiger partial charge is 0.497 e. The van der Waals surface area contributed by atoms with Crippen LogP contribution >= 0.6 is 0 Å². The molecule has 1 amide bonds. The molecule has 0 saturated carbocycles. The van der Waals surface area contributed by atoms with E-state index in [2.05, 4.69) is 21.4 Å². The number of methoxy groups -OCH3 is 1. The fourth-order valence-corrected chi connectivity index (χ4v) is 3.87. The molecule has 1 atom stereocenters. The fourth-order valence-electron chi connectivity index (χ4n) is 3.87. The summed E-state index contributed by atoms with van der Waals surface area (Å²) in [5.74, 6) is 2.20. The Hall–Kier alpha value is -2.67. The van der Waals surface area contributed by atoms with Crippen molar-refractivity contribution in [3.05, 3.63) is 48.0 Å². The summed E-state index contributed by atoms with van der Waals surface area (Å²) in [7, 11) is 1.67. The van der Waals surface area contributed by atoms with E-state index in [0.29, 0.717) is 17.7 Å². The van der Waals surface area contributed by atoms with Gasteiger partial charge in [0.25, 0.3) is 5.91 Å². The van der Waals surface area contributed by atoms with Gasteiger partial charge in [-0.25, -0.2) is 4.98 Å². The monoisotopic (exact) mass is 382 g/mol. The molecule has 7 heteroatoms. The second kappa shape index (κ2) is 8.56. The first-order valence-corrected chi connectivity index (χ1v) is 9.81. The number of carbonyl (C=O) groups is 1. The molecule has 1 N–H and O–H groups in total. The fraction of sp³-hybridized carbons (Fsp3) is 0.476. The Morgan fingerprint density at radius 1 is 1.32 bits per heavy atom. The van der Waals surface area contributed by atoms with E-state index in [1.54, 1.807) is 19.5 Å². The van der Waals surface area contributed by atoms with Crippen LogP contribution in [0.4, 0.5) is 0 Å². The molecule has 2 aromatic rings. The molecule has 1 aromatic carbocycles. The van der Waals surface area contributed by atoms with Crippen molar-refractivity contribution >= 4 is 5.91 Å². The van der Waals surface area contributed by atoms with Gasteiger partial charge < -0.3 is 19.7 Å². The van der Waals surface area contributed by atoms with E-state index >= 15 is 0 Å². The van der Waals surface area contributed by atoms with Gasteiger partial charge >= 0.3 is 0 Å². The topological polar surface area (TPSA) is 76.6 Å². The van der Waals surface area contributed by atoms with Gasteiger partial charge in [-0.3, -0.25) is 9.78 Å². The first-order valence-electron chi connectivity index (χ1n) is 9.81. The summed E-state index contributed by atoms with van der Waals surface area (Å²) >= 11 is 0. The minimum absolute atomic E-state index is 0.0285. The summed E-state index contributed by atoms with van der Waals surface area (Å²) in [6, 6.07) is 6.48. The van der Waals surface area contributed by atoms with Gasteiger partial charge in [-0.15, -0.1) is 0 Å². The lowest BCUT2D eigenvalue weighted by Gasteiger charge is -2.33. The molecule has 148 valence electrons. The second-order valence-corrected chi connectivity index (χ2v) is 7.42. The Balaban J connectivity index is 1.23. The summed E-state index contributed by atoms with van der Waals surface area (Å²) in [5.41, 5.74) is 1.66. The maximum Gasteiger partial charge on any atom is 0.274 e. The molecule has 0 unspecified atom stereocenters. The molecule has 4 rings (SSSR count). The lowest BCUT2D eigenvalue weighted by molar-refractivity contribution is 0.0696. The number of ether oxygens (including phenoxy) is 2. The third-order valence-corrected chi connectivity index (χ3v) is 5.52. The average Bonchev–Trinajstić information content (AvgIpc) is 2.77. The van der Waals surface area contributed by atoms with E-state index in [-0.39, 0.29) is 5.91 Å². The van der Waals surface area contributed by atoms with Gasteiger partial charge in [0, 0.05) is 50.1 Å². The van der Waals surface area contributed by atoms with Gasteiger partial charge in [-0.2, -0.15) is 0 Å². The van der Waals surface area contributed by atoms with E-state index in [9.17, 15) is 4.79 Å². The van der Waals surface area contributed by atoms with Crippen molar-refractivity contribution in [2.75, 3.05) is 33.4 Å². The normalized spacial score (nSPS) is 19.6. The van der Waals surface area contributed by atoms with Crippen molar-refractivity contribution in [3.63, 3.8) is 0 Å². The Bertz CT molecular complexity index is 807. The van der Waals surface area contributed by atoms with Gasteiger partial charge in [-0.05, 0) is 30.9 Å². The predicted octanol–water partition coefficient (Wildman–Crippen LogP) is 1.93. The summed E-state index contributed by atoms with van der Waals surface area (Å²) in [6.07, 6.45) is 7.58. The van der Waals surface area contributed by atoms with Crippen LogP contribution in [0.25, 0.3) is 0 Å². The summed E-state index contributed by atoms with van der Waals surface area (Å²) in [6.45, 7) is 3.14. The molecule has 3 heterocycles. The van der Waals surface area contributed by atoms with Crippen LogP contribution in [0.1, 0.15) is 28.9 Å². The SMILES string of the molecule is COc1ccc2c(c1)OC[C@H](CNC1CCN(C(=O)c3cnccn3)CC1)C2. The number of benzene rings is 1. The quantitative estimate of drug-likeness (QED) is 0.852. The first-order chi connectivity index (χ1) is 13.7. The first kappa shape index (κ1) is 18.7. The van der Waals surface area contributed by atoms with E-state index in [4.69, 9.17) is 9.47 Å². The zero-order chi connectivity index (χ0) is 19.3. The minimum Gasteiger partial charge on any atom is -0.497 e. The Morgan fingerprint density at radius 2 is 2.18 bits per heavy atom. The summed E-state index contributed by atoms with van der Waals surface area (Å²) in [4.78, 5) is 22.4. The van der Waals surface area contributed by atoms with Gasteiger partial charge in [0.15, 0.2) is 0 Å². The van der Waals surface area contributed by atoms with Gasteiger partial charge in [0.05, 0.1) is 19.9 Å². The van der Waals surface area contributed by atoms with Crippen molar-refractivity contribution in [2.24, 2.45) is 5.92 Å². The molecule has 28 heavy (non-hydrogen) atoms. The average molecular weight is 382 g/mol. The van der Waals surface area contributed by atoms with E-state index < -0.39 is 0 Å². The number of fused-ring (bicyclic) bond motifs is 1. The number of aromatic nitrogens is 2. The molecule has 1 aromatic heterocycles. The van der Waals surface area contributed by atoms with E-state index in [1.165, 1.54) is 11.8 Å². The van der Waals surface area contributed by atoms with Crippen molar-refractivity contribution < 1.29 is 14.3 Å². The number of hydrogen-bond acceptors (Lipinski definition) is 6. The Labute approximate surface area is 165 Å². The smallest absolute Gasteiger partial charge is 0.274 e. The maximum atomic E-state index is 12.5. The van der Waals surface area contributed by atoms with Crippen LogP contribution in [0.15, 0.2) is 36.8 Å². The number of nitrogens with zero attached hydrogens (tertiary/aromatic N) is 3. The van der Waals surface area contributed by atoms with Crippen molar-refractivity contribution in [3.8, 4) is 11.5 Å². The highest BCUT2D eigenvalue weighted by atomic mass is 16.5. The zero-order valence-corrected chi connectivity index (χ0v) is 16.1. The van der Waals surface area contributed by atoms with E-state index in [1.807, 2.05) is 17.0 Å². The van der Waals surface area contributed by atoms with Crippen LogP contribution in [-0.2, 0) is 6.42 Å². The third-order valence-electron chi connectivity index (χ3n) is 5.52. The summed E-state index contributed by atoms with van der Waals surface area (Å²) in [5, 5.41) is 3.67. The number of piperidine rings is 1. The number of nitrogens with one attached hydrogen (secondary N) is 1. The van der Waals surface area contributed by atoms with Gasteiger partial charge in [-0.1, -0.05) is 6.07 Å². The molecule has 0 spiro atoms. The molecule has 0 aliphatic carbocycles. The highest BCUT2D eigenvalue weighted by Gasteiger charge is 2.26. The predicted molar refractivity (Wildman–Crippen MR) is 105 cm³/mol. The molecule has 1 saturated heterocycles. The molecule has 0 radical (unpaired) electrons. The molecular formula is C21H26N4O3. The minimum atomic E-state index is -0.0285. The van der Waals surface area contributed by atoms with Gasteiger partial charge in [0.1, 0.15) is 17.2 Å². The highest BCUT2D eigenvalue weighted by molar-refractivity contribution is 5.92. The van der Waals surface area contributed by atoms with Crippen molar-refractivity contribution in [1.29, 1.82) is 0 Å².